The van der Waals surface area contributed by atoms with Crippen molar-refractivity contribution >= 4 is 45.8 Å². The third-order valence-corrected chi connectivity index (χ3v) is 7.79. The molecule has 4 aliphatic heterocycles. The van der Waals surface area contributed by atoms with Crippen LogP contribution in [0.3, 0.4) is 0 Å². The number of halogens is 1. The molecule has 3 fully saturated rings. The molecule has 6 heteroatoms. The van der Waals surface area contributed by atoms with Crippen LogP contribution in [-0.2, 0) is 14.3 Å². The average Bonchev–Trinajstić information content (AvgIpc) is 3.24. The van der Waals surface area contributed by atoms with E-state index in [0.29, 0.717) is 10.7 Å². The molecule has 0 unspecified atom stereocenters. The van der Waals surface area contributed by atoms with Gasteiger partial charge in [0.1, 0.15) is 0 Å². The van der Waals surface area contributed by atoms with Crippen LogP contribution in [0, 0.1) is 11.8 Å². The molecule has 0 saturated carbocycles. The predicted octanol–water partition coefficient (Wildman–Crippen LogP) is 4.43. The highest BCUT2D eigenvalue weighted by Gasteiger charge is 2.67. The summed E-state index contributed by atoms with van der Waals surface area (Å²) in [6.07, 6.45) is 5.72. The molecular formula is C21H20ClNO3S. The number of thioether (sulfide) groups is 1. The quantitative estimate of drug-likeness (QED) is 0.688. The van der Waals surface area contributed by atoms with Crippen molar-refractivity contribution in [1.29, 1.82) is 0 Å². The van der Waals surface area contributed by atoms with Crippen LogP contribution in [0.1, 0.15) is 32.3 Å². The maximum Gasteiger partial charge on any atom is 0.240 e. The minimum absolute atomic E-state index is 0.130. The summed E-state index contributed by atoms with van der Waals surface area (Å²) in [6.45, 7) is 4.06. The summed E-state index contributed by atoms with van der Waals surface area (Å²) in [5, 5.41) is 0.558. The van der Waals surface area contributed by atoms with Crippen LogP contribution in [0.4, 0.5) is 5.69 Å². The molecule has 1 aromatic rings. The summed E-state index contributed by atoms with van der Waals surface area (Å²) in [5.74, 6) is -0.0715. The second-order valence-corrected chi connectivity index (χ2v) is 9.44. The van der Waals surface area contributed by atoms with Crippen LogP contribution in [0.25, 0.3) is 4.91 Å². The molecule has 140 valence electrons. The summed E-state index contributed by atoms with van der Waals surface area (Å²) >= 11 is 8.29. The van der Waals surface area contributed by atoms with E-state index in [1.165, 1.54) is 10.5 Å². The van der Waals surface area contributed by atoms with Gasteiger partial charge in [-0.15, -0.1) is 11.8 Å². The van der Waals surface area contributed by atoms with Gasteiger partial charge in [-0.1, -0.05) is 29.3 Å². The first-order valence-electron chi connectivity index (χ1n) is 9.25. The van der Waals surface area contributed by atoms with Gasteiger partial charge >= 0.3 is 0 Å². The van der Waals surface area contributed by atoms with Crippen molar-refractivity contribution in [1.82, 2.24) is 0 Å². The van der Waals surface area contributed by atoms with Gasteiger partial charge in [0.05, 0.1) is 34.3 Å². The Morgan fingerprint density at radius 2 is 2.07 bits per heavy atom. The normalized spacial score (nSPS) is 34.8. The second-order valence-electron chi connectivity index (χ2n) is 8.02. The Kier molecular flexibility index (Phi) is 3.87. The molecule has 27 heavy (non-hydrogen) atoms. The predicted molar refractivity (Wildman–Crippen MR) is 108 cm³/mol. The number of rotatable bonds is 2. The van der Waals surface area contributed by atoms with E-state index in [9.17, 15) is 9.59 Å². The summed E-state index contributed by atoms with van der Waals surface area (Å²) in [4.78, 5) is 28.5. The highest BCUT2D eigenvalue weighted by Crippen LogP contribution is 2.55. The fourth-order valence-electron chi connectivity index (χ4n) is 4.85. The molecule has 4 atom stereocenters. The molecule has 2 amide bonds. The molecular weight excluding hydrogens is 382 g/mol. The standard InChI is InChI=1S/C21H20ClNO3S/c1-11-3-6-16(27-10-11)13-5-4-12(9-14(13)22)23-19(24)17-15-7-8-21(2,26-15)18(17)20(23)25/h3-6,9,15,17-18H,7-8,10H2,1-2H3/t15-,17-,18+,21+/m1/s1. The molecule has 0 aromatic heterocycles. The van der Waals surface area contributed by atoms with E-state index in [1.807, 2.05) is 19.1 Å². The number of amides is 2. The van der Waals surface area contributed by atoms with Crippen LogP contribution in [0.2, 0.25) is 5.02 Å². The monoisotopic (exact) mass is 401 g/mol. The number of allylic oxidation sites excluding steroid dienone is 2. The first kappa shape index (κ1) is 17.5. The number of hydrogen-bond acceptors (Lipinski definition) is 4. The Balaban J connectivity index is 1.48. The lowest BCUT2D eigenvalue weighted by Gasteiger charge is -2.26. The van der Waals surface area contributed by atoms with Crippen LogP contribution < -0.4 is 4.90 Å². The Bertz CT molecular complexity index is 939. The van der Waals surface area contributed by atoms with Crippen LogP contribution >= 0.6 is 23.4 Å². The molecule has 3 saturated heterocycles. The van der Waals surface area contributed by atoms with Crippen molar-refractivity contribution in [2.24, 2.45) is 11.8 Å². The van der Waals surface area contributed by atoms with Gasteiger partial charge in [0.25, 0.3) is 0 Å². The minimum atomic E-state index is -0.506. The Morgan fingerprint density at radius 1 is 1.26 bits per heavy atom. The number of benzene rings is 1. The molecule has 2 bridgehead atoms. The topological polar surface area (TPSA) is 46.6 Å². The Labute approximate surface area is 167 Å². The highest BCUT2D eigenvalue weighted by atomic mass is 35.5. The molecule has 0 aliphatic carbocycles. The van der Waals surface area contributed by atoms with Gasteiger partial charge in [-0.25, -0.2) is 4.90 Å². The smallest absolute Gasteiger partial charge is 0.240 e. The largest absolute Gasteiger partial charge is 0.370 e. The maximum absolute atomic E-state index is 13.1. The third-order valence-electron chi connectivity index (χ3n) is 6.21. The van der Waals surface area contributed by atoms with Crippen molar-refractivity contribution in [2.45, 2.75) is 38.4 Å². The van der Waals surface area contributed by atoms with Crippen molar-refractivity contribution < 1.29 is 14.3 Å². The molecule has 4 nitrogen and oxygen atoms in total. The van der Waals surface area contributed by atoms with Gasteiger partial charge in [-0.2, -0.15) is 0 Å². The first-order valence-corrected chi connectivity index (χ1v) is 10.6. The zero-order chi connectivity index (χ0) is 18.9. The van der Waals surface area contributed by atoms with Crippen molar-refractivity contribution in [3.05, 3.63) is 46.5 Å². The average molecular weight is 402 g/mol. The van der Waals surface area contributed by atoms with E-state index in [0.717, 1.165) is 29.1 Å². The van der Waals surface area contributed by atoms with Crippen LogP contribution in [0.15, 0.2) is 35.9 Å². The number of nitrogens with zero attached hydrogens (tertiary/aromatic N) is 1. The number of carbonyl (C=O) groups excluding carboxylic acids is 2. The van der Waals surface area contributed by atoms with E-state index >= 15 is 0 Å². The van der Waals surface area contributed by atoms with Gasteiger partial charge in [0.15, 0.2) is 0 Å². The van der Waals surface area contributed by atoms with Crippen molar-refractivity contribution in [3.8, 4) is 0 Å². The third kappa shape index (κ3) is 2.48. The number of anilines is 1. The molecule has 1 aromatic carbocycles. The highest BCUT2D eigenvalue weighted by molar-refractivity contribution is 8.08. The van der Waals surface area contributed by atoms with E-state index in [4.69, 9.17) is 16.3 Å². The Hall–Kier alpha value is -1.56. The van der Waals surface area contributed by atoms with Gasteiger partial charge in [0, 0.05) is 16.2 Å². The van der Waals surface area contributed by atoms with E-state index < -0.39 is 5.60 Å². The number of hydrogen-bond donors (Lipinski definition) is 0. The van der Waals surface area contributed by atoms with Gasteiger partial charge in [-0.3, -0.25) is 9.59 Å². The van der Waals surface area contributed by atoms with Crippen molar-refractivity contribution in [3.63, 3.8) is 0 Å². The molecule has 4 aliphatic rings. The van der Waals surface area contributed by atoms with Crippen LogP contribution in [-0.4, -0.2) is 29.3 Å². The molecule has 0 N–H and O–H groups in total. The van der Waals surface area contributed by atoms with E-state index in [2.05, 4.69) is 19.1 Å². The number of imide groups is 1. The zero-order valence-electron chi connectivity index (χ0n) is 15.2. The van der Waals surface area contributed by atoms with Gasteiger partial charge in [0.2, 0.25) is 11.8 Å². The molecule has 4 heterocycles. The van der Waals surface area contributed by atoms with Gasteiger partial charge in [-0.05, 0) is 44.9 Å². The molecule has 0 spiro atoms. The van der Waals surface area contributed by atoms with Gasteiger partial charge < -0.3 is 4.74 Å². The summed E-state index contributed by atoms with van der Waals surface area (Å²) in [7, 11) is 0. The summed E-state index contributed by atoms with van der Waals surface area (Å²) in [5.41, 5.74) is 2.31. The maximum atomic E-state index is 13.1. The molecule has 5 rings (SSSR count). The Morgan fingerprint density at radius 3 is 2.74 bits per heavy atom. The fraction of sp³-hybridized carbons (Fsp3) is 0.429. The fourth-order valence-corrected chi connectivity index (χ4v) is 6.16. The molecule has 0 radical (unpaired) electrons. The number of fused-ring (bicyclic) bond motifs is 5. The summed E-state index contributed by atoms with van der Waals surface area (Å²) < 4.78 is 5.97. The lowest BCUT2D eigenvalue weighted by Crippen LogP contribution is -2.39. The zero-order valence-corrected chi connectivity index (χ0v) is 16.8. The number of carbonyl (C=O) groups is 2. The second kappa shape index (κ2) is 5.97. The number of ether oxygens (including phenoxy) is 1. The SMILES string of the molecule is CC1=CC=C(c2ccc(N3C(=O)[C@H]4[C@@H](C3=O)[C@]3(C)CC[C@H]4O3)cc2Cl)SC1. The van der Waals surface area contributed by atoms with Crippen molar-refractivity contribution in [2.75, 3.05) is 10.7 Å². The lowest BCUT2D eigenvalue weighted by atomic mass is 9.74. The van der Waals surface area contributed by atoms with E-state index in [-0.39, 0.29) is 29.8 Å². The van der Waals surface area contributed by atoms with Crippen LogP contribution in [0.5, 0.6) is 0 Å². The first-order chi connectivity index (χ1) is 12.9. The summed E-state index contributed by atoms with van der Waals surface area (Å²) in [6, 6.07) is 5.48. The lowest BCUT2D eigenvalue weighted by molar-refractivity contribution is -0.126. The minimum Gasteiger partial charge on any atom is -0.370 e. The van der Waals surface area contributed by atoms with E-state index in [1.54, 1.807) is 17.8 Å².